The Morgan fingerprint density at radius 2 is 2.35 bits per heavy atom. The zero-order chi connectivity index (χ0) is 12.3. The van der Waals surface area contributed by atoms with E-state index in [1.165, 1.54) is 4.90 Å². The molecule has 1 heterocycles. The van der Waals surface area contributed by atoms with Gasteiger partial charge in [-0.1, -0.05) is 0 Å². The van der Waals surface area contributed by atoms with Gasteiger partial charge in [0.2, 0.25) is 5.91 Å². The van der Waals surface area contributed by atoms with Gasteiger partial charge in [-0.15, -0.1) is 11.8 Å². The molecule has 0 bridgehead atoms. The minimum Gasteiger partial charge on any atom is -0.388 e. The van der Waals surface area contributed by atoms with Gasteiger partial charge >= 0.3 is 0 Å². The number of carbonyl (C=O) groups is 1. The van der Waals surface area contributed by atoms with Gasteiger partial charge in [0.1, 0.15) is 0 Å². The maximum atomic E-state index is 11.9. The maximum Gasteiger partial charge on any atom is 0.237 e. The van der Waals surface area contributed by atoms with Crippen LogP contribution in [0.1, 0.15) is 6.42 Å². The second kappa shape index (κ2) is 5.42. The van der Waals surface area contributed by atoms with E-state index in [1.807, 2.05) is 24.1 Å². The van der Waals surface area contributed by atoms with E-state index in [1.54, 1.807) is 11.8 Å². The Bertz CT molecular complexity index is 422. The Labute approximate surface area is 106 Å². The van der Waals surface area contributed by atoms with Gasteiger partial charge < -0.3 is 16.0 Å². The molecular weight excluding hydrogens is 234 g/mol. The van der Waals surface area contributed by atoms with E-state index >= 15 is 0 Å². The Morgan fingerprint density at radius 1 is 1.53 bits per heavy atom. The van der Waals surface area contributed by atoms with Crippen LogP contribution in [-0.2, 0) is 4.79 Å². The predicted octanol–water partition coefficient (Wildman–Crippen LogP) is 1.52. The molecule has 0 atom stereocenters. The molecule has 5 heteroatoms. The molecule has 92 valence electrons. The van der Waals surface area contributed by atoms with Gasteiger partial charge in [0.25, 0.3) is 0 Å². The summed E-state index contributed by atoms with van der Waals surface area (Å²) in [6.45, 7) is 1.31. The van der Waals surface area contributed by atoms with Crippen molar-refractivity contribution >= 4 is 29.0 Å². The van der Waals surface area contributed by atoms with Crippen LogP contribution in [0, 0.1) is 0 Å². The number of amides is 1. The fourth-order valence-electron chi connectivity index (χ4n) is 1.85. The van der Waals surface area contributed by atoms with Crippen molar-refractivity contribution in [2.45, 2.75) is 11.3 Å². The Morgan fingerprint density at radius 3 is 3.06 bits per heavy atom. The molecule has 1 aromatic rings. The van der Waals surface area contributed by atoms with E-state index < -0.39 is 0 Å². The number of carbonyl (C=O) groups excluding carboxylic acids is 1. The minimum absolute atomic E-state index is 0.171. The molecule has 3 N–H and O–H groups in total. The van der Waals surface area contributed by atoms with Crippen LogP contribution in [0.3, 0.4) is 0 Å². The number of fused-ring (bicyclic) bond motifs is 1. The molecule has 4 nitrogen and oxygen atoms in total. The lowest BCUT2D eigenvalue weighted by Crippen LogP contribution is -2.36. The highest BCUT2D eigenvalue weighted by Crippen LogP contribution is 2.37. The summed E-state index contributed by atoms with van der Waals surface area (Å²) in [7, 11) is 1.88. The summed E-state index contributed by atoms with van der Waals surface area (Å²) in [4.78, 5) is 14.9. The first-order valence-corrected chi connectivity index (χ1v) is 6.70. The second-order valence-electron chi connectivity index (χ2n) is 3.91. The summed E-state index contributed by atoms with van der Waals surface area (Å²) >= 11 is 1.60. The Kier molecular flexibility index (Phi) is 3.91. The summed E-state index contributed by atoms with van der Waals surface area (Å²) in [6.07, 6.45) is 0.833. The molecule has 0 unspecified atom stereocenters. The molecule has 1 aliphatic rings. The smallest absolute Gasteiger partial charge is 0.237 e. The van der Waals surface area contributed by atoms with Crippen molar-refractivity contribution in [2.75, 3.05) is 36.1 Å². The number of rotatable bonds is 4. The number of hydrogen-bond acceptors (Lipinski definition) is 4. The van der Waals surface area contributed by atoms with Gasteiger partial charge in [-0.3, -0.25) is 4.79 Å². The van der Waals surface area contributed by atoms with Gasteiger partial charge in [0.05, 0.1) is 11.4 Å². The number of nitrogens with one attached hydrogen (secondary N) is 1. The van der Waals surface area contributed by atoms with Crippen molar-refractivity contribution in [3.05, 3.63) is 18.2 Å². The van der Waals surface area contributed by atoms with Crippen LogP contribution >= 0.6 is 11.8 Å². The number of hydrogen-bond donors (Lipinski definition) is 2. The molecule has 0 radical (unpaired) electrons. The standard InChI is InChI=1S/C12H17N3OS/c1-14-9-3-4-11-10(7-9)15(6-2-5-13)12(16)8-17-11/h3-4,7,14H,2,5-6,8,13H2,1H3. The van der Waals surface area contributed by atoms with Crippen LogP contribution in [-0.4, -0.2) is 31.8 Å². The molecule has 0 saturated carbocycles. The quantitative estimate of drug-likeness (QED) is 0.852. The third-order valence-electron chi connectivity index (χ3n) is 2.78. The highest BCUT2D eigenvalue weighted by Gasteiger charge is 2.24. The van der Waals surface area contributed by atoms with Gasteiger partial charge in [-0.2, -0.15) is 0 Å². The van der Waals surface area contributed by atoms with Crippen molar-refractivity contribution in [1.29, 1.82) is 0 Å². The molecule has 1 aliphatic heterocycles. The normalized spacial score (nSPS) is 14.7. The number of thioether (sulfide) groups is 1. The minimum atomic E-state index is 0.171. The lowest BCUT2D eigenvalue weighted by atomic mass is 10.2. The van der Waals surface area contributed by atoms with Crippen LogP contribution in [0.4, 0.5) is 11.4 Å². The average Bonchev–Trinajstić information content (AvgIpc) is 2.37. The average molecular weight is 251 g/mol. The number of nitrogens with two attached hydrogens (primary N) is 1. The van der Waals surface area contributed by atoms with Crippen molar-refractivity contribution in [3.63, 3.8) is 0 Å². The molecule has 0 fully saturated rings. The largest absolute Gasteiger partial charge is 0.388 e. The van der Waals surface area contributed by atoms with Gasteiger partial charge in [0, 0.05) is 24.2 Å². The van der Waals surface area contributed by atoms with Crippen LogP contribution < -0.4 is 16.0 Å². The van der Waals surface area contributed by atoms with Crippen molar-refractivity contribution in [1.82, 2.24) is 0 Å². The second-order valence-corrected chi connectivity index (χ2v) is 4.93. The molecule has 1 aromatic carbocycles. The molecule has 1 amide bonds. The van der Waals surface area contributed by atoms with Gasteiger partial charge in [-0.05, 0) is 31.2 Å². The third-order valence-corrected chi connectivity index (χ3v) is 3.82. The van der Waals surface area contributed by atoms with E-state index in [4.69, 9.17) is 5.73 Å². The first-order valence-electron chi connectivity index (χ1n) is 5.71. The van der Waals surface area contributed by atoms with Gasteiger partial charge in [-0.25, -0.2) is 0 Å². The van der Waals surface area contributed by atoms with Gasteiger partial charge in [0.15, 0.2) is 0 Å². The Balaban J connectivity index is 2.31. The summed E-state index contributed by atoms with van der Waals surface area (Å²) in [5.74, 6) is 0.695. The van der Waals surface area contributed by atoms with E-state index in [0.29, 0.717) is 18.8 Å². The summed E-state index contributed by atoms with van der Waals surface area (Å²) in [6, 6.07) is 6.12. The molecular formula is C12H17N3OS. The monoisotopic (exact) mass is 251 g/mol. The number of anilines is 2. The molecule has 2 rings (SSSR count). The lowest BCUT2D eigenvalue weighted by Gasteiger charge is -2.29. The molecule has 0 spiro atoms. The first kappa shape index (κ1) is 12.3. The molecule has 17 heavy (non-hydrogen) atoms. The lowest BCUT2D eigenvalue weighted by molar-refractivity contribution is -0.116. The highest BCUT2D eigenvalue weighted by molar-refractivity contribution is 8.00. The number of nitrogens with zero attached hydrogens (tertiary/aromatic N) is 1. The number of benzene rings is 1. The van der Waals surface area contributed by atoms with Crippen molar-refractivity contribution < 1.29 is 4.79 Å². The zero-order valence-electron chi connectivity index (χ0n) is 9.90. The maximum absolute atomic E-state index is 11.9. The van der Waals surface area contributed by atoms with Crippen LogP contribution in [0.15, 0.2) is 23.1 Å². The van der Waals surface area contributed by atoms with Crippen molar-refractivity contribution in [3.8, 4) is 0 Å². The fraction of sp³-hybridized carbons (Fsp3) is 0.417. The highest BCUT2D eigenvalue weighted by atomic mass is 32.2. The molecule has 0 aliphatic carbocycles. The van der Waals surface area contributed by atoms with Crippen LogP contribution in [0.5, 0.6) is 0 Å². The SMILES string of the molecule is CNc1ccc2c(c1)N(CCCN)C(=O)CS2. The topological polar surface area (TPSA) is 58.4 Å². The van der Waals surface area contributed by atoms with Crippen molar-refractivity contribution in [2.24, 2.45) is 5.73 Å². The van der Waals surface area contributed by atoms with E-state index in [9.17, 15) is 4.79 Å². The van der Waals surface area contributed by atoms with E-state index in [-0.39, 0.29) is 5.91 Å². The molecule has 0 aromatic heterocycles. The zero-order valence-corrected chi connectivity index (χ0v) is 10.7. The Hall–Kier alpha value is -1.20. The summed E-state index contributed by atoms with van der Waals surface area (Å²) < 4.78 is 0. The van der Waals surface area contributed by atoms with Crippen LogP contribution in [0.2, 0.25) is 0 Å². The van der Waals surface area contributed by atoms with E-state index in [0.717, 1.165) is 17.8 Å². The van der Waals surface area contributed by atoms with Crippen LogP contribution in [0.25, 0.3) is 0 Å². The third kappa shape index (κ3) is 2.56. The molecule has 0 saturated heterocycles. The summed E-state index contributed by atoms with van der Waals surface area (Å²) in [5, 5.41) is 3.10. The summed E-state index contributed by atoms with van der Waals surface area (Å²) in [5.41, 5.74) is 7.54. The van der Waals surface area contributed by atoms with E-state index in [2.05, 4.69) is 11.4 Å². The first-order chi connectivity index (χ1) is 8.26. The predicted molar refractivity (Wildman–Crippen MR) is 72.7 cm³/mol. The fourth-order valence-corrected chi connectivity index (χ4v) is 2.77.